The highest BCUT2D eigenvalue weighted by atomic mass is 31.0. The van der Waals surface area contributed by atoms with Crippen LogP contribution in [0.2, 0.25) is 0 Å². The Balaban J connectivity index is 0.000000331. The number of carbonyl (C=O) groups is 2. The molecule has 0 amide bonds. The summed E-state index contributed by atoms with van der Waals surface area (Å²) < 4.78 is 0. The first-order valence-corrected chi connectivity index (χ1v) is 8.44. The molecule has 0 radical (unpaired) electrons. The van der Waals surface area contributed by atoms with Gasteiger partial charge in [0.1, 0.15) is 0 Å². The molecule has 0 spiro atoms. The standard InChI is InChI=1S/2C7H9P.C4H6O4/c2*1-6-2-4-7(8)5-3-6;5-3(6)1-2-4(7)8/h2*2-5H,8H2,1H3;1-2H2,(H,5,6)(H,7,8). The Hall–Kier alpha value is -1.76. The molecule has 130 valence electrons. The molecular formula is C18H24O4P2. The van der Waals surface area contributed by atoms with Gasteiger partial charge in [-0.05, 0) is 24.5 Å². The third kappa shape index (κ3) is 13.9. The monoisotopic (exact) mass is 366 g/mol. The van der Waals surface area contributed by atoms with Crippen LogP contribution < -0.4 is 10.6 Å². The molecule has 6 heteroatoms. The van der Waals surface area contributed by atoms with Crippen molar-refractivity contribution in [1.29, 1.82) is 0 Å². The van der Waals surface area contributed by atoms with Crippen molar-refractivity contribution in [3.8, 4) is 0 Å². The van der Waals surface area contributed by atoms with Crippen LogP contribution in [0.4, 0.5) is 0 Å². The molecule has 2 unspecified atom stereocenters. The van der Waals surface area contributed by atoms with Gasteiger partial charge in [0.05, 0.1) is 12.8 Å². The summed E-state index contributed by atoms with van der Waals surface area (Å²) in [5.74, 6) is -2.15. The highest BCUT2D eigenvalue weighted by Gasteiger charge is 2.00. The van der Waals surface area contributed by atoms with Crippen LogP contribution in [0.15, 0.2) is 48.5 Å². The normalized spacial score (nSPS) is 9.00. The summed E-state index contributed by atoms with van der Waals surface area (Å²) in [6.07, 6.45) is -0.593. The van der Waals surface area contributed by atoms with Gasteiger partial charge in [0.15, 0.2) is 0 Å². The number of hydrogen-bond acceptors (Lipinski definition) is 2. The zero-order chi connectivity index (χ0) is 18.5. The number of aliphatic carboxylic acids is 2. The molecule has 2 N–H and O–H groups in total. The van der Waals surface area contributed by atoms with E-state index in [9.17, 15) is 9.59 Å². The molecule has 0 aliphatic rings. The molecule has 0 aliphatic carbocycles. The maximum atomic E-state index is 9.64. The molecule has 24 heavy (non-hydrogen) atoms. The molecule has 0 fully saturated rings. The molecule has 2 aromatic rings. The summed E-state index contributed by atoms with van der Waals surface area (Å²) in [5.41, 5.74) is 2.63. The van der Waals surface area contributed by atoms with E-state index in [0.717, 1.165) is 0 Å². The van der Waals surface area contributed by atoms with E-state index in [1.807, 2.05) is 0 Å². The van der Waals surface area contributed by atoms with Gasteiger partial charge < -0.3 is 10.2 Å². The molecule has 0 aromatic heterocycles. The first kappa shape index (κ1) is 22.2. The predicted molar refractivity (Wildman–Crippen MR) is 106 cm³/mol. The Kier molecular flexibility index (Phi) is 11.7. The molecule has 4 nitrogen and oxygen atoms in total. The lowest BCUT2D eigenvalue weighted by molar-refractivity contribution is -0.143. The SMILES string of the molecule is Cc1ccc(P)cc1.Cc1ccc(P)cc1.O=C(O)CCC(=O)O. The zero-order valence-corrected chi connectivity index (χ0v) is 16.2. The van der Waals surface area contributed by atoms with Crippen molar-refractivity contribution in [2.45, 2.75) is 26.7 Å². The van der Waals surface area contributed by atoms with Crippen LogP contribution in [0.25, 0.3) is 0 Å². The number of rotatable bonds is 3. The average molecular weight is 366 g/mol. The number of hydrogen-bond donors (Lipinski definition) is 2. The van der Waals surface area contributed by atoms with Crippen molar-refractivity contribution in [1.82, 2.24) is 0 Å². The fourth-order valence-electron chi connectivity index (χ4n) is 1.35. The minimum atomic E-state index is -1.08. The predicted octanol–water partition coefficient (Wildman–Crippen LogP) is 2.93. The van der Waals surface area contributed by atoms with Crippen LogP contribution in [-0.4, -0.2) is 22.2 Å². The summed E-state index contributed by atoms with van der Waals surface area (Å²) in [6, 6.07) is 16.7. The summed E-state index contributed by atoms with van der Waals surface area (Å²) >= 11 is 0. The zero-order valence-electron chi connectivity index (χ0n) is 13.9. The number of benzene rings is 2. The van der Waals surface area contributed by atoms with E-state index in [1.165, 1.54) is 21.7 Å². The second-order valence-electron chi connectivity index (χ2n) is 5.11. The number of carboxylic acid groups (broad SMARTS) is 2. The van der Waals surface area contributed by atoms with Crippen LogP contribution >= 0.6 is 18.5 Å². The maximum absolute atomic E-state index is 9.64. The topological polar surface area (TPSA) is 74.6 Å². The Morgan fingerprint density at radius 2 is 0.958 bits per heavy atom. The summed E-state index contributed by atoms with van der Waals surface area (Å²) in [6.45, 7) is 4.17. The summed E-state index contributed by atoms with van der Waals surface area (Å²) in [4.78, 5) is 19.3. The van der Waals surface area contributed by atoms with Gasteiger partial charge in [-0.3, -0.25) is 9.59 Å². The van der Waals surface area contributed by atoms with Gasteiger partial charge in [-0.25, -0.2) is 0 Å². The fourth-order valence-corrected chi connectivity index (χ4v) is 1.73. The minimum absolute atomic E-state index is 0.296. The fraction of sp³-hybridized carbons (Fsp3) is 0.222. The largest absolute Gasteiger partial charge is 0.481 e. The van der Waals surface area contributed by atoms with Crippen molar-refractivity contribution in [3.05, 3.63) is 59.7 Å². The second kappa shape index (κ2) is 12.6. The van der Waals surface area contributed by atoms with Gasteiger partial charge in [-0.1, -0.05) is 59.7 Å². The molecule has 0 bridgehead atoms. The Morgan fingerprint density at radius 1 is 0.708 bits per heavy atom. The van der Waals surface area contributed by atoms with Gasteiger partial charge in [0.2, 0.25) is 0 Å². The van der Waals surface area contributed by atoms with Crippen molar-refractivity contribution in [3.63, 3.8) is 0 Å². The van der Waals surface area contributed by atoms with E-state index >= 15 is 0 Å². The summed E-state index contributed by atoms with van der Waals surface area (Å²) in [5, 5.41) is 18.3. The maximum Gasteiger partial charge on any atom is 0.303 e. The highest BCUT2D eigenvalue weighted by Crippen LogP contribution is 1.95. The molecule has 0 saturated carbocycles. The second-order valence-corrected chi connectivity index (χ2v) is 6.44. The van der Waals surface area contributed by atoms with Crippen LogP contribution in [0.5, 0.6) is 0 Å². The summed E-state index contributed by atoms with van der Waals surface area (Å²) in [7, 11) is 5.30. The Morgan fingerprint density at radius 3 is 1.12 bits per heavy atom. The highest BCUT2D eigenvalue weighted by molar-refractivity contribution is 7.27. The molecule has 2 rings (SSSR count). The van der Waals surface area contributed by atoms with Crippen molar-refractivity contribution in [2.24, 2.45) is 0 Å². The first-order valence-electron chi connectivity index (χ1n) is 7.28. The molecule has 2 aromatic carbocycles. The van der Waals surface area contributed by atoms with E-state index in [-0.39, 0.29) is 12.8 Å². The molecule has 0 heterocycles. The quantitative estimate of drug-likeness (QED) is 0.819. The number of carboxylic acids is 2. The van der Waals surface area contributed by atoms with Crippen molar-refractivity contribution < 1.29 is 19.8 Å². The van der Waals surface area contributed by atoms with Crippen LogP contribution in [0, 0.1) is 13.8 Å². The van der Waals surface area contributed by atoms with Crippen molar-refractivity contribution >= 4 is 41.0 Å². The van der Waals surface area contributed by atoms with E-state index in [0.29, 0.717) is 0 Å². The molecular weight excluding hydrogens is 342 g/mol. The van der Waals surface area contributed by atoms with Gasteiger partial charge in [-0.2, -0.15) is 0 Å². The Bertz CT molecular complexity index is 523. The van der Waals surface area contributed by atoms with Gasteiger partial charge >= 0.3 is 11.9 Å². The minimum Gasteiger partial charge on any atom is -0.481 e. The van der Waals surface area contributed by atoms with Crippen molar-refractivity contribution in [2.75, 3.05) is 0 Å². The van der Waals surface area contributed by atoms with Gasteiger partial charge in [-0.15, -0.1) is 18.5 Å². The third-order valence-electron chi connectivity index (χ3n) is 2.71. The van der Waals surface area contributed by atoms with Gasteiger partial charge in [0, 0.05) is 0 Å². The van der Waals surface area contributed by atoms with E-state index in [1.54, 1.807) is 0 Å². The van der Waals surface area contributed by atoms with Crippen LogP contribution in [0.3, 0.4) is 0 Å². The lowest BCUT2D eigenvalue weighted by Gasteiger charge is -1.89. The molecule has 2 atom stereocenters. The van der Waals surface area contributed by atoms with Crippen LogP contribution in [-0.2, 0) is 9.59 Å². The first-order chi connectivity index (χ1) is 11.2. The lowest BCUT2D eigenvalue weighted by atomic mass is 10.2. The smallest absolute Gasteiger partial charge is 0.303 e. The Labute approximate surface area is 147 Å². The van der Waals surface area contributed by atoms with Gasteiger partial charge in [0.25, 0.3) is 0 Å². The van der Waals surface area contributed by atoms with E-state index in [4.69, 9.17) is 10.2 Å². The third-order valence-corrected chi connectivity index (χ3v) is 3.48. The lowest BCUT2D eigenvalue weighted by Crippen LogP contribution is -2.00. The van der Waals surface area contributed by atoms with E-state index in [2.05, 4.69) is 80.9 Å². The molecule has 0 aliphatic heterocycles. The average Bonchev–Trinajstić information content (AvgIpc) is 2.52. The molecule has 0 saturated heterocycles. The van der Waals surface area contributed by atoms with E-state index < -0.39 is 11.9 Å². The number of aryl methyl sites for hydroxylation is 2. The van der Waals surface area contributed by atoms with Crippen LogP contribution in [0.1, 0.15) is 24.0 Å².